The van der Waals surface area contributed by atoms with Crippen molar-refractivity contribution in [3.05, 3.63) is 30.3 Å². The lowest BCUT2D eigenvalue weighted by molar-refractivity contribution is -0.122. The summed E-state index contributed by atoms with van der Waals surface area (Å²) in [5.41, 5.74) is 5.80. The second-order valence-electron chi connectivity index (χ2n) is 6.27. The Labute approximate surface area is 144 Å². The SMILES string of the molecule is NCC(NC(=O)CCNS(=O)(=O)c1ccccc1)C1CCCCC1. The van der Waals surface area contributed by atoms with Gasteiger partial charge in [0.25, 0.3) is 0 Å². The fraction of sp³-hybridized carbons (Fsp3) is 0.588. The van der Waals surface area contributed by atoms with Gasteiger partial charge in [0.1, 0.15) is 0 Å². The van der Waals surface area contributed by atoms with Crippen LogP contribution in [0, 0.1) is 5.92 Å². The minimum atomic E-state index is -3.57. The molecule has 0 bridgehead atoms. The second kappa shape index (κ2) is 9.15. The molecule has 0 radical (unpaired) electrons. The molecular weight excluding hydrogens is 326 g/mol. The number of amides is 1. The van der Waals surface area contributed by atoms with Crippen LogP contribution in [0.5, 0.6) is 0 Å². The molecular formula is C17H27N3O3S. The van der Waals surface area contributed by atoms with Gasteiger partial charge in [-0.25, -0.2) is 13.1 Å². The lowest BCUT2D eigenvalue weighted by Gasteiger charge is -2.30. The van der Waals surface area contributed by atoms with Gasteiger partial charge in [-0.2, -0.15) is 0 Å². The summed E-state index contributed by atoms with van der Waals surface area (Å²) in [7, 11) is -3.57. The predicted octanol–water partition coefficient (Wildman–Crippen LogP) is 1.38. The zero-order chi connectivity index (χ0) is 17.4. The Morgan fingerprint density at radius 2 is 1.83 bits per heavy atom. The van der Waals surface area contributed by atoms with Crippen molar-refractivity contribution >= 4 is 15.9 Å². The lowest BCUT2D eigenvalue weighted by atomic mass is 9.84. The quantitative estimate of drug-likeness (QED) is 0.657. The number of carbonyl (C=O) groups excluding carboxylic acids is 1. The van der Waals surface area contributed by atoms with Crippen LogP contribution in [0.2, 0.25) is 0 Å². The summed E-state index contributed by atoms with van der Waals surface area (Å²) >= 11 is 0. The molecule has 134 valence electrons. The second-order valence-corrected chi connectivity index (χ2v) is 8.04. The first-order valence-electron chi connectivity index (χ1n) is 8.57. The summed E-state index contributed by atoms with van der Waals surface area (Å²) in [6.07, 6.45) is 5.94. The van der Waals surface area contributed by atoms with E-state index in [0.29, 0.717) is 12.5 Å². The molecule has 1 fully saturated rings. The lowest BCUT2D eigenvalue weighted by Crippen LogP contribution is -2.46. The molecule has 0 heterocycles. The number of nitrogens with one attached hydrogen (secondary N) is 2. The first-order chi connectivity index (χ1) is 11.5. The van der Waals surface area contributed by atoms with E-state index in [1.807, 2.05) is 0 Å². The third-order valence-corrected chi connectivity index (χ3v) is 5.99. The molecule has 1 atom stereocenters. The number of hydrogen-bond acceptors (Lipinski definition) is 4. The van der Waals surface area contributed by atoms with E-state index in [1.54, 1.807) is 18.2 Å². The first-order valence-corrected chi connectivity index (χ1v) is 10.1. The normalized spacial score (nSPS) is 17.4. The molecule has 1 aromatic rings. The zero-order valence-electron chi connectivity index (χ0n) is 13.9. The third-order valence-electron chi connectivity index (χ3n) is 4.52. The molecule has 1 aliphatic rings. The molecule has 0 aliphatic heterocycles. The van der Waals surface area contributed by atoms with E-state index in [1.165, 1.54) is 31.4 Å². The van der Waals surface area contributed by atoms with E-state index < -0.39 is 10.0 Å². The highest BCUT2D eigenvalue weighted by Gasteiger charge is 2.24. The van der Waals surface area contributed by atoms with Crippen molar-refractivity contribution in [2.75, 3.05) is 13.1 Å². The van der Waals surface area contributed by atoms with Gasteiger partial charge in [0.15, 0.2) is 0 Å². The molecule has 1 saturated carbocycles. The summed E-state index contributed by atoms with van der Waals surface area (Å²) < 4.78 is 26.6. The zero-order valence-corrected chi connectivity index (χ0v) is 14.7. The van der Waals surface area contributed by atoms with Gasteiger partial charge in [0.05, 0.1) is 4.90 Å². The minimum Gasteiger partial charge on any atom is -0.352 e. The Kier molecular flexibility index (Phi) is 7.20. The van der Waals surface area contributed by atoms with E-state index in [-0.39, 0.29) is 29.8 Å². The molecule has 1 aromatic carbocycles. The van der Waals surface area contributed by atoms with Crippen LogP contribution in [0.4, 0.5) is 0 Å². The number of carbonyl (C=O) groups is 1. The van der Waals surface area contributed by atoms with Crippen molar-refractivity contribution in [2.24, 2.45) is 11.7 Å². The van der Waals surface area contributed by atoms with Crippen molar-refractivity contribution in [2.45, 2.75) is 49.5 Å². The summed E-state index contributed by atoms with van der Waals surface area (Å²) in [6.45, 7) is 0.497. The number of sulfonamides is 1. The number of nitrogens with two attached hydrogens (primary N) is 1. The van der Waals surface area contributed by atoms with E-state index in [2.05, 4.69) is 10.0 Å². The van der Waals surface area contributed by atoms with Crippen LogP contribution in [-0.4, -0.2) is 33.5 Å². The van der Waals surface area contributed by atoms with Crippen LogP contribution in [-0.2, 0) is 14.8 Å². The van der Waals surface area contributed by atoms with Crippen molar-refractivity contribution < 1.29 is 13.2 Å². The van der Waals surface area contributed by atoms with Gasteiger partial charge < -0.3 is 11.1 Å². The average molecular weight is 353 g/mol. The van der Waals surface area contributed by atoms with Crippen molar-refractivity contribution in [1.29, 1.82) is 0 Å². The van der Waals surface area contributed by atoms with Crippen LogP contribution < -0.4 is 15.8 Å². The maximum atomic E-state index is 12.1. The van der Waals surface area contributed by atoms with Crippen LogP contribution >= 0.6 is 0 Å². The maximum Gasteiger partial charge on any atom is 0.240 e. The third kappa shape index (κ3) is 5.58. The first kappa shape index (κ1) is 18.9. The van der Waals surface area contributed by atoms with Gasteiger partial charge in [0, 0.05) is 25.6 Å². The Balaban J connectivity index is 1.78. The van der Waals surface area contributed by atoms with Gasteiger partial charge in [0.2, 0.25) is 15.9 Å². The van der Waals surface area contributed by atoms with Crippen molar-refractivity contribution in [1.82, 2.24) is 10.0 Å². The maximum absolute atomic E-state index is 12.1. The predicted molar refractivity (Wildman–Crippen MR) is 93.8 cm³/mol. The molecule has 0 spiro atoms. The average Bonchev–Trinajstić information content (AvgIpc) is 2.61. The van der Waals surface area contributed by atoms with Crippen molar-refractivity contribution in [3.63, 3.8) is 0 Å². The number of benzene rings is 1. The highest BCUT2D eigenvalue weighted by Crippen LogP contribution is 2.26. The van der Waals surface area contributed by atoms with Crippen LogP contribution in [0.25, 0.3) is 0 Å². The summed E-state index contributed by atoms with van der Waals surface area (Å²) in [5, 5.41) is 2.96. The van der Waals surface area contributed by atoms with Crippen LogP contribution in [0.3, 0.4) is 0 Å². The minimum absolute atomic E-state index is 0.0106. The standard InChI is InChI=1S/C17H27N3O3S/c18-13-16(14-7-3-1-4-8-14)20-17(21)11-12-19-24(22,23)15-9-5-2-6-10-15/h2,5-6,9-10,14,16,19H,1,3-4,7-8,11-13,18H2,(H,20,21). The van der Waals surface area contributed by atoms with E-state index in [4.69, 9.17) is 5.73 Å². The highest BCUT2D eigenvalue weighted by atomic mass is 32.2. The molecule has 24 heavy (non-hydrogen) atoms. The van der Waals surface area contributed by atoms with Crippen LogP contribution in [0.1, 0.15) is 38.5 Å². The fourth-order valence-corrected chi connectivity index (χ4v) is 4.22. The molecule has 0 aromatic heterocycles. The molecule has 1 aliphatic carbocycles. The molecule has 1 unspecified atom stereocenters. The molecule has 4 N–H and O–H groups in total. The molecule has 2 rings (SSSR count). The molecule has 0 saturated heterocycles. The number of rotatable bonds is 8. The largest absolute Gasteiger partial charge is 0.352 e. The van der Waals surface area contributed by atoms with Gasteiger partial charge in [-0.15, -0.1) is 0 Å². The Bertz CT molecular complexity index is 613. The Hall–Kier alpha value is -1.44. The summed E-state index contributed by atoms with van der Waals surface area (Å²) in [6, 6.07) is 8.12. The monoisotopic (exact) mass is 353 g/mol. The fourth-order valence-electron chi connectivity index (χ4n) is 3.17. The summed E-state index contributed by atoms with van der Waals surface area (Å²) in [4.78, 5) is 12.3. The van der Waals surface area contributed by atoms with Gasteiger partial charge >= 0.3 is 0 Å². The van der Waals surface area contributed by atoms with E-state index >= 15 is 0 Å². The van der Waals surface area contributed by atoms with E-state index in [9.17, 15) is 13.2 Å². The number of hydrogen-bond donors (Lipinski definition) is 3. The van der Waals surface area contributed by atoms with E-state index in [0.717, 1.165) is 12.8 Å². The van der Waals surface area contributed by atoms with Gasteiger partial charge in [-0.3, -0.25) is 4.79 Å². The van der Waals surface area contributed by atoms with Gasteiger partial charge in [-0.05, 0) is 30.9 Å². The van der Waals surface area contributed by atoms with Gasteiger partial charge in [-0.1, -0.05) is 37.5 Å². The smallest absolute Gasteiger partial charge is 0.240 e. The highest BCUT2D eigenvalue weighted by molar-refractivity contribution is 7.89. The Morgan fingerprint density at radius 1 is 1.17 bits per heavy atom. The van der Waals surface area contributed by atoms with Crippen LogP contribution in [0.15, 0.2) is 35.2 Å². The summed E-state index contributed by atoms with van der Waals surface area (Å²) in [5.74, 6) is 0.278. The van der Waals surface area contributed by atoms with Crippen molar-refractivity contribution in [3.8, 4) is 0 Å². The topological polar surface area (TPSA) is 101 Å². The Morgan fingerprint density at radius 3 is 2.46 bits per heavy atom. The molecule has 1 amide bonds. The molecule has 7 heteroatoms. The molecule has 6 nitrogen and oxygen atoms in total.